The molecule has 0 saturated heterocycles. The molecule has 0 saturated carbocycles. The van der Waals surface area contributed by atoms with E-state index in [1.54, 1.807) is 6.07 Å². The summed E-state index contributed by atoms with van der Waals surface area (Å²) >= 11 is 10.5. The van der Waals surface area contributed by atoms with Crippen molar-refractivity contribution in [3.8, 4) is 0 Å². The summed E-state index contributed by atoms with van der Waals surface area (Å²) in [4.78, 5) is 0.110. The van der Waals surface area contributed by atoms with Crippen LogP contribution >= 0.6 is 23.8 Å². The van der Waals surface area contributed by atoms with E-state index in [9.17, 15) is 8.78 Å². The predicted molar refractivity (Wildman–Crippen MR) is 77.0 cm³/mol. The van der Waals surface area contributed by atoms with Crippen molar-refractivity contribution in [1.82, 2.24) is 0 Å². The molecule has 0 aliphatic carbocycles. The van der Waals surface area contributed by atoms with Crippen LogP contribution in [0.15, 0.2) is 36.4 Å². The first-order valence-electron chi connectivity index (χ1n) is 5.28. The molecule has 19 heavy (non-hydrogen) atoms. The minimum Gasteiger partial charge on any atom is -0.389 e. The van der Waals surface area contributed by atoms with Gasteiger partial charge in [0, 0.05) is 16.3 Å². The van der Waals surface area contributed by atoms with Crippen molar-refractivity contribution < 1.29 is 8.78 Å². The first-order valence-corrected chi connectivity index (χ1v) is 6.07. The van der Waals surface area contributed by atoms with E-state index in [2.05, 4.69) is 5.32 Å². The van der Waals surface area contributed by atoms with Gasteiger partial charge in [0.25, 0.3) is 0 Å². The number of hydrogen-bond acceptors (Lipinski definition) is 2. The average molecular weight is 299 g/mol. The summed E-state index contributed by atoms with van der Waals surface area (Å²) in [5.74, 6) is -1.04. The van der Waals surface area contributed by atoms with Crippen molar-refractivity contribution in [2.75, 3.05) is 5.32 Å². The maximum absolute atomic E-state index is 13.8. The van der Waals surface area contributed by atoms with Crippen molar-refractivity contribution >= 4 is 40.2 Å². The van der Waals surface area contributed by atoms with E-state index in [1.807, 2.05) is 0 Å². The summed E-state index contributed by atoms with van der Waals surface area (Å²) in [5.41, 5.74) is 6.36. The molecule has 0 atom stereocenters. The lowest BCUT2D eigenvalue weighted by Gasteiger charge is -2.09. The number of halogens is 3. The Morgan fingerprint density at radius 2 is 1.89 bits per heavy atom. The fourth-order valence-corrected chi connectivity index (χ4v) is 1.90. The van der Waals surface area contributed by atoms with Crippen molar-refractivity contribution in [1.29, 1.82) is 0 Å². The fourth-order valence-electron chi connectivity index (χ4n) is 1.55. The van der Waals surface area contributed by atoms with Crippen LogP contribution in [0.4, 0.5) is 20.2 Å². The number of hydrogen-bond donors (Lipinski definition) is 2. The molecule has 6 heteroatoms. The molecule has 0 amide bonds. The lowest BCUT2D eigenvalue weighted by atomic mass is 10.2. The lowest BCUT2D eigenvalue weighted by Crippen LogP contribution is -2.09. The van der Waals surface area contributed by atoms with Crippen LogP contribution in [-0.2, 0) is 0 Å². The zero-order valence-electron chi connectivity index (χ0n) is 9.58. The standard InChI is InChI=1S/C13H9ClF2N2S/c14-8-4-9(15)6-10(5-8)18-12-2-1-7(13(17)19)3-11(12)16/h1-6,18H,(H2,17,19). The van der Waals surface area contributed by atoms with Gasteiger partial charge in [-0.1, -0.05) is 23.8 Å². The first-order chi connectivity index (χ1) is 8.95. The smallest absolute Gasteiger partial charge is 0.147 e. The predicted octanol–water partition coefficient (Wildman–Crippen LogP) is 4.00. The van der Waals surface area contributed by atoms with Gasteiger partial charge < -0.3 is 11.1 Å². The summed E-state index contributed by atoms with van der Waals surface area (Å²) in [6.45, 7) is 0. The van der Waals surface area contributed by atoms with Gasteiger partial charge in [0.05, 0.1) is 5.69 Å². The summed E-state index contributed by atoms with van der Waals surface area (Å²) in [7, 11) is 0. The Hall–Kier alpha value is -1.72. The van der Waals surface area contributed by atoms with Gasteiger partial charge in [-0.2, -0.15) is 0 Å². The largest absolute Gasteiger partial charge is 0.389 e. The van der Waals surface area contributed by atoms with Crippen LogP contribution < -0.4 is 11.1 Å². The van der Waals surface area contributed by atoms with Gasteiger partial charge in [0.2, 0.25) is 0 Å². The van der Waals surface area contributed by atoms with Crippen LogP contribution in [-0.4, -0.2) is 4.99 Å². The highest BCUT2D eigenvalue weighted by Gasteiger charge is 2.07. The molecule has 0 heterocycles. The number of nitrogens with two attached hydrogens (primary N) is 1. The van der Waals surface area contributed by atoms with Gasteiger partial charge in [0.15, 0.2) is 0 Å². The quantitative estimate of drug-likeness (QED) is 0.841. The van der Waals surface area contributed by atoms with Crippen molar-refractivity contribution in [3.63, 3.8) is 0 Å². The molecular formula is C13H9ClF2N2S. The van der Waals surface area contributed by atoms with Crippen molar-refractivity contribution in [2.24, 2.45) is 5.73 Å². The molecule has 0 fully saturated rings. The van der Waals surface area contributed by atoms with Crippen LogP contribution in [0.3, 0.4) is 0 Å². The van der Waals surface area contributed by atoms with Crippen LogP contribution in [0.5, 0.6) is 0 Å². The Balaban J connectivity index is 2.30. The van der Waals surface area contributed by atoms with Gasteiger partial charge in [-0.3, -0.25) is 0 Å². The Labute approximate surface area is 119 Å². The molecular weight excluding hydrogens is 290 g/mol. The van der Waals surface area contributed by atoms with Gasteiger partial charge >= 0.3 is 0 Å². The van der Waals surface area contributed by atoms with Gasteiger partial charge in [0.1, 0.15) is 16.6 Å². The normalized spacial score (nSPS) is 10.3. The Kier molecular flexibility index (Phi) is 3.97. The minimum atomic E-state index is -0.536. The molecule has 2 nitrogen and oxygen atoms in total. The number of rotatable bonds is 3. The zero-order valence-corrected chi connectivity index (χ0v) is 11.2. The molecule has 0 aromatic heterocycles. The molecule has 98 valence electrons. The fraction of sp³-hybridized carbons (Fsp3) is 0. The maximum Gasteiger partial charge on any atom is 0.147 e. The van der Waals surface area contributed by atoms with Crippen molar-refractivity contribution in [2.45, 2.75) is 0 Å². The van der Waals surface area contributed by atoms with Gasteiger partial charge in [-0.15, -0.1) is 0 Å². The number of nitrogens with one attached hydrogen (secondary N) is 1. The van der Waals surface area contributed by atoms with Crippen LogP contribution in [0.2, 0.25) is 5.02 Å². The van der Waals surface area contributed by atoms with E-state index in [0.29, 0.717) is 11.3 Å². The SMILES string of the molecule is NC(=S)c1ccc(Nc2cc(F)cc(Cl)c2)c(F)c1. The monoisotopic (exact) mass is 298 g/mol. The molecule has 0 radical (unpaired) electrons. The molecule has 0 bridgehead atoms. The minimum absolute atomic E-state index is 0.110. The molecule has 2 aromatic carbocycles. The highest BCUT2D eigenvalue weighted by molar-refractivity contribution is 7.80. The third kappa shape index (κ3) is 3.39. The van der Waals surface area contributed by atoms with E-state index in [-0.39, 0.29) is 15.7 Å². The third-order valence-electron chi connectivity index (χ3n) is 2.40. The molecule has 0 unspecified atom stereocenters. The third-order valence-corrected chi connectivity index (χ3v) is 2.85. The van der Waals surface area contributed by atoms with E-state index in [4.69, 9.17) is 29.6 Å². The highest BCUT2D eigenvalue weighted by atomic mass is 35.5. The lowest BCUT2D eigenvalue weighted by molar-refractivity contribution is 0.627. The molecule has 0 aliphatic rings. The summed E-state index contributed by atoms with van der Waals surface area (Å²) < 4.78 is 26.9. The second-order valence-corrected chi connectivity index (χ2v) is 4.72. The van der Waals surface area contributed by atoms with E-state index < -0.39 is 11.6 Å². The van der Waals surface area contributed by atoms with E-state index >= 15 is 0 Å². The number of anilines is 2. The van der Waals surface area contributed by atoms with Crippen LogP contribution in [0.1, 0.15) is 5.56 Å². The zero-order chi connectivity index (χ0) is 14.0. The summed E-state index contributed by atoms with van der Waals surface area (Å²) in [5, 5.41) is 2.96. The average Bonchev–Trinajstić information content (AvgIpc) is 2.30. The summed E-state index contributed by atoms with van der Waals surface area (Å²) in [6.07, 6.45) is 0. The number of benzene rings is 2. The highest BCUT2D eigenvalue weighted by Crippen LogP contribution is 2.24. The molecule has 0 aliphatic heterocycles. The Morgan fingerprint density at radius 3 is 2.47 bits per heavy atom. The molecule has 2 aromatic rings. The Morgan fingerprint density at radius 1 is 1.16 bits per heavy atom. The van der Waals surface area contributed by atoms with E-state index in [1.165, 1.54) is 30.3 Å². The topological polar surface area (TPSA) is 38.0 Å². The molecule has 2 rings (SSSR count). The first kappa shape index (κ1) is 13.7. The van der Waals surface area contributed by atoms with E-state index in [0.717, 1.165) is 0 Å². The summed E-state index contributed by atoms with van der Waals surface area (Å²) in [6, 6.07) is 8.14. The van der Waals surface area contributed by atoms with Gasteiger partial charge in [-0.25, -0.2) is 8.78 Å². The molecule has 3 N–H and O–H groups in total. The van der Waals surface area contributed by atoms with Crippen molar-refractivity contribution in [3.05, 3.63) is 58.6 Å². The second kappa shape index (κ2) is 5.50. The number of thiocarbonyl (C=S) groups is 1. The van der Waals surface area contributed by atoms with Crippen LogP contribution in [0, 0.1) is 11.6 Å². The Bertz CT molecular complexity index is 626. The maximum atomic E-state index is 13.8. The second-order valence-electron chi connectivity index (χ2n) is 3.84. The van der Waals surface area contributed by atoms with Gasteiger partial charge in [-0.05, 0) is 36.4 Å². The molecule has 0 spiro atoms. The van der Waals surface area contributed by atoms with Crippen LogP contribution in [0.25, 0.3) is 0 Å².